The Kier molecular flexibility index (Phi) is 10.4. The Morgan fingerprint density at radius 3 is 2.69 bits per heavy atom. The van der Waals surface area contributed by atoms with Gasteiger partial charge in [-0.2, -0.15) is 15.2 Å². The number of rotatable bonds is 9. The molecule has 0 saturated carbocycles. The Morgan fingerprint density at radius 1 is 1.08 bits per heavy atom. The Bertz CT molecular complexity index is 1770. The molecule has 1 unspecified atom stereocenters. The third kappa shape index (κ3) is 7.09. The maximum Gasteiger partial charge on any atom is 0.318 e. The van der Waals surface area contributed by atoms with E-state index >= 15 is 0 Å². The average molecular weight is 650 g/mol. The van der Waals surface area contributed by atoms with Crippen LogP contribution >= 0.6 is 0 Å². The fourth-order valence-electron chi connectivity index (χ4n) is 7.07. The summed E-state index contributed by atoms with van der Waals surface area (Å²) in [6.07, 6.45) is 5.01. The normalized spacial score (nSPS) is 21.2. The summed E-state index contributed by atoms with van der Waals surface area (Å²) in [6, 6.07) is 14.9. The van der Waals surface area contributed by atoms with Crippen LogP contribution in [0.5, 0.6) is 6.01 Å². The van der Waals surface area contributed by atoms with Gasteiger partial charge in [0.15, 0.2) is 6.07 Å². The number of fused-ring (bicyclic) bond motifs is 2. The molecule has 11 nitrogen and oxygen atoms in total. The molecule has 2 aromatic carbocycles. The first-order valence-electron chi connectivity index (χ1n) is 16.5. The molecule has 3 aliphatic heterocycles. The van der Waals surface area contributed by atoms with Gasteiger partial charge in [-0.1, -0.05) is 42.3 Å². The molecular formula is C37H43N7O4. The molecular weight excluding hydrogens is 606 g/mol. The van der Waals surface area contributed by atoms with E-state index in [0.717, 1.165) is 43.0 Å². The molecule has 1 amide bonds. The van der Waals surface area contributed by atoms with Crippen LogP contribution in [0.25, 0.3) is 10.8 Å². The predicted molar refractivity (Wildman–Crippen MR) is 185 cm³/mol. The molecule has 2 fully saturated rings. The number of carbonyl (C=O) groups excluding carboxylic acids is 1. The molecule has 48 heavy (non-hydrogen) atoms. The molecule has 3 aromatic rings. The SMILES string of the molecule is COC/C=C/C(=O)N1CCN(c2nc(OC[C@H]3C[C@@H](OC)CN3C)nc3c2CCN(c2cccc4cccc(C)c24)C3)CC1C#CC#N. The molecule has 250 valence electrons. The van der Waals surface area contributed by atoms with Crippen molar-refractivity contribution in [2.24, 2.45) is 0 Å². The Balaban J connectivity index is 1.32. The van der Waals surface area contributed by atoms with Crippen LogP contribution in [0.1, 0.15) is 23.2 Å². The van der Waals surface area contributed by atoms with E-state index < -0.39 is 6.04 Å². The fourth-order valence-corrected chi connectivity index (χ4v) is 7.07. The van der Waals surface area contributed by atoms with Crippen LogP contribution in [0.4, 0.5) is 11.5 Å². The summed E-state index contributed by atoms with van der Waals surface area (Å²) in [4.78, 5) is 31.7. The molecule has 6 rings (SSSR count). The first-order chi connectivity index (χ1) is 23.4. The quantitative estimate of drug-likeness (QED) is 0.253. The van der Waals surface area contributed by atoms with E-state index in [9.17, 15) is 10.1 Å². The highest BCUT2D eigenvalue weighted by molar-refractivity contribution is 5.97. The minimum absolute atomic E-state index is 0.159. The van der Waals surface area contributed by atoms with Gasteiger partial charge in [0.25, 0.3) is 0 Å². The van der Waals surface area contributed by atoms with Gasteiger partial charge < -0.3 is 28.9 Å². The van der Waals surface area contributed by atoms with Gasteiger partial charge in [-0.05, 0) is 43.8 Å². The highest BCUT2D eigenvalue weighted by atomic mass is 16.5. The van der Waals surface area contributed by atoms with Crippen LogP contribution in [-0.4, -0.2) is 111 Å². The van der Waals surface area contributed by atoms with E-state index in [0.29, 0.717) is 45.4 Å². The van der Waals surface area contributed by atoms with Crippen LogP contribution in [0.15, 0.2) is 48.6 Å². The molecule has 0 radical (unpaired) electrons. The van der Waals surface area contributed by atoms with Crippen molar-refractivity contribution >= 4 is 28.2 Å². The summed E-state index contributed by atoms with van der Waals surface area (Å²) in [6.45, 7) is 6.64. The fraction of sp³-hybridized carbons (Fsp3) is 0.459. The smallest absolute Gasteiger partial charge is 0.318 e. The molecule has 3 aliphatic rings. The Labute approximate surface area is 282 Å². The van der Waals surface area contributed by atoms with Gasteiger partial charge in [0, 0.05) is 75.1 Å². The van der Waals surface area contributed by atoms with Crippen LogP contribution in [-0.2, 0) is 27.2 Å². The van der Waals surface area contributed by atoms with E-state index in [1.54, 1.807) is 25.2 Å². The number of aromatic nitrogens is 2. The summed E-state index contributed by atoms with van der Waals surface area (Å²) in [5.41, 5.74) is 4.45. The summed E-state index contributed by atoms with van der Waals surface area (Å²) >= 11 is 0. The first-order valence-corrected chi connectivity index (χ1v) is 16.5. The number of hydrogen-bond acceptors (Lipinski definition) is 10. The van der Waals surface area contributed by atoms with Gasteiger partial charge in [0.05, 0.1) is 31.5 Å². The largest absolute Gasteiger partial charge is 0.462 e. The lowest BCUT2D eigenvalue weighted by Gasteiger charge is -2.41. The number of aryl methyl sites for hydroxylation is 1. The molecule has 0 N–H and O–H groups in total. The van der Waals surface area contributed by atoms with Gasteiger partial charge in [0.1, 0.15) is 18.5 Å². The van der Waals surface area contributed by atoms with E-state index in [1.165, 1.54) is 28.1 Å². The number of ether oxygens (including phenoxy) is 3. The van der Waals surface area contributed by atoms with Crippen molar-refractivity contribution in [1.82, 2.24) is 19.8 Å². The van der Waals surface area contributed by atoms with Crippen LogP contribution in [0.3, 0.4) is 0 Å². The number of amides is 1. The van der Waals surface area contributed by atoms with Crippen molar-refractivity contribution in [2.45, 2.75) is 44.5 Å². The van der Waals surface area contributed by atoms with E-state index in [-0.39, 0.29) is 18.1 Å². The van der Waals surface area contributed by atoms with Crippen molar-refractivity contribution in [3.8, 4) is 23.9 Å². The van der Waals surface area contributed by atoms with Crippen molar-refractivity contribution in [3.05, 3.63) is 65.4 Å². The van der Waals surface area contributed by atoms with Gasteiger partial charge in [0.2, 0.25) is 5.91 Å². The molecule has 11 heteroatoms. The molecule has 3 atom stereocenters. The highest BCUT2D eigenvalue weighted by Crippen LogP contribution is 2.36. The summed E-state index contributed by atoms with van der Waals surface area (Å²) in [5.74, 6) is 6.18. The molecule has 0 spiro atoms. The number of anilines is 2. The Morgan fingerprint density at radius 2 is 1.92 bits per heavy atom. The van der Waals surface area contributed by atoms with E-state index in [1.807, 2.05) is 6.07 Å². The summed E-state index contributed by atoms with van der Waals surface area (Å²) in [7, 11) is 5.42. The lowest BCUT2D eigenvalue weighted by molar-refractivity contribution is -0.127. The second-order valence-corrected chi connectivity index (χ2v) is 12.6. The first kappa shape index (κ1) is 33.2. The number of nitriles is 1. The third-order valence-electron chi connectivity index (χ3n) is 9.62. The lowest BCUT2D eigenvalue weighted by Crippen LogP contribution is -2.55. The van der Waals surface area contributed by atoms with Crippen LogP contribution < -0.4 is 14.5 Å². The van der Waals surface area contributed by atoms with Crippen LogP contribution in [0, 0.1) is 30.1 Å². The van der Waals surface area contributed by atoms with Crippen molar-refractivity contribution in [1.29, 1.82) is 5.26 Å². The number of hydrogen-bond donors (Lipinski definition) is 0. The maximum atomic E-state index is 13.1. The number of benzene rings is 2. The van der Waals surface area contributed by atoms with Gasteiger partial charge in [-0.15, -0.1) is 0 Å². The molecule has 4 heterocycles. The number of likely N-dealkylation sites (N-methyl/N-ethyl adjacent to an activating group) is 1. The average Bonchev–Trinajstić information content (AvgIpc) is 3.48. The number of nitrogens with zero attached hydrogens (tertiary/aromatic N) is 7. The standard InChI is InChI=1S/C37H43N7O4/c1-26-9-5-10-27-11-6-13-33(35(26)27)42-17-15-31-32(24-42)39-37(48-25-29-21-30(47-4)23-41(29)2)40-36(31)43-18-19-44(28(22-43)12-7-16-38)34(45)14-8-20-46-3/h5-6,8-11,13-14,28-30H,15,17-25H2,1-4H3/b14-8+/t28?,29-,30-/m1/s1. The minimum Gasteiger partial charge on any atom is -0.462 e. The third-order valence-corrected chi connectivity index (χ3v) is 9.62. The topological polar surface area (TPSA) is 107 Å². The van der Waals surface area contributed by atoms with Crippen LogP contribution in [0.2, 0.25) is 0 Å². The highest BCUT2D eigenvalue weighted by Gasteiger charge is 2.34. The number of piperazine rings is 1. The van der Waals surface area contributed by atoms with Gasteiger partial charge >= 0.3 is 6.01 Å². The lowest BCUT2D eigenvalue weighted by atomic mass is 9.99. The van der Waals surface area contributed by atoms with E-state index in [2.05, 4.69) is 76.9 Å². The van der Waals surface area contributed by atoms with Crippen molar-refractivity contribution in [2.75, 3.05) is 77.0 Å². The molecule has 2 saturated heterocycles. The monoisotopic (exact) mass is 649 g/mol. The number of likely N-dealkylation sites (tertiary alicyclic amines) is 1. The maximum absolute atomic E-state index is 13.1. The molecule has 0 bridgehead atoms. The molecule has 0 aliphatic carbocycles. The number of carbonyl (C=O) groups is 1. The Hall–Kier alpha value is -4.68. The zero-order valence-corrected chi connectivity index (χ0v) is 28.2. The number of methoxy groups -OCH3 is 2. The van der Waals surface area contributed by atoms with Gasteiger partial charge in [-0.25, -0.2) is 0 Å². The summed E-state index contributed by atoms with van der Waals surface area (Å²) in [5, 5.41) is 11.7. The zero-order valence-electron chi connectivity index (χ0n) is 28.2. The van der Waals surface area contributed by atoms with Crippen molar-refractivity contribution in [3.63, 3.8) is 0 Å². The molecule has 1 aromatic heterocycles. The second kappa shape index (κ2) is 15.0. The van der Waals surface area contributed by atoms with Crippen molar-refractivity contribution < 1.29 is 19.0 Å². The predicted octanol–water partition coefficient (Wildman–Crippen LogP) is 3.35. The zero-order chi connectivity index (χ0) is 33.6. The minimum atomic E-state index is -0.482. The summed E-state index contributed by atoms with van der Waals surface area (Å²) < 4.78 is 17.0. The van der Waals surface area contributed by atoms with E-state index in [4.69, 9.17) is 24.2 Å². The van der Waals surface area contributed by atoms with Gasteiger partial charge in [-0.3, -0.25) is 9.69 Å². The second-order valence-electron chi connectivity index (χ2n) is 12.6.